The van der Waals surface area contributed by atoms with Crippen LogP contribution in [-0.2, 0) is 6.54 Å². The van der Waals surface area contributed by atoms with E-state index in [1.807, 2.05) is 54.1 Å². The summed E-state index contributed by atoms with van der Waals surface area (Å²) in [5.41, 5.74) is 3.87. The maximum absolute atomic E-state index is 12.3. The monoisotopic (exact) mass is 354 g/mol. The zero-order valence-corrected chi connectivity index (χ0v) is 14.6. The van der Waals surface area contributed by atoms with Crippen molar-refractivity contribution in [2.24, 2.45) is 0 Å². The Hall–Kier alpha value is -2.44. The molecule has 4 rings (SSSR count). The molecule has 3 aromatic heterocycles. The Kier molecular flexibility index (Phi) is 3.92. The van der Waals surface area contributed by atoms with E-state index in [2.05, 4.69) is 4.98 Å². The smallest absolute Gasteiger partial charge is 0.307 e. The predicted molar refractivity (Wildman–Crippen MR) is 97.7 cm³/mol. The average Bonchev–Trinajstić information content (AvgIpc) is 3.31. The standard InChI is InChI=1S/C18H14N2O2S2/c1-12-5-2-3-6-14(12)15-11-24-18(21)20(15)9-13-10-22-17(19-13)16-7-4-8-23-16/h2-8,10-11H,9H2,1H3. The van der Waals surface area contributed by atoms with Crippen LogP contribution in [0.15, 0.2) is 62.6 Å². The van der Waals surface area contributed by atoms with Gasteiger partial charge in [-0.2, -0.15) is 0 Å². The molecule has 24 heavy (non-hydrogen) atoms. The van der Waals surface area contributed by atoms with Gasteiger partial charge in [0.05, 0.1) is 22.8 Å². The molecule has 0 aliphatic rings. The van der Waals surface area contributed by atoms with Gasteiger partial charge in [-0.25, -0.2) is 4.98 Å². The second-order valence-corrected chi connectivity index (χ2v) is 7.18. The molecule has 6 heteroatoms. The van der Waals surface area contributed by atoms with Gasteiger partial charge in [-0.1, -0.05) is 41.7 Å². The van der Waals surface area contributed by atoms with Crippen LogP contribution >= 0.6 is 22.7 Å². The molecule has 0 bridgehead atoms. The lowest BCUT2D eigenvalue weighted by atomic mass is 10.1. The topological polar surface area (TPSA) is 48.0 Å². The number of thiophene rings is 1. The normalized spacial score (nSPS) is 11.0. The molecule has 0 fully saturated rings. The fraction of sp³-hybridized carbons (Fsp3) is 0.111. The number of aromatic nitrogens is 2. The summed E-state index contributed by atoms with van der Waals surface area (Å²) in [5.74, 6) is 0.598. The highest BCUT2D eigenvalue weighted by molar-refractivity contribution is 7.13. The minimum absolute atomic E-state index is 0.00827. The maximum Gasteiger partial charge on any atom is 0.307 e. The quantitative estimate of drug-likeness (QED) is 0.536. The molecule has 0 N–H and O–H groups in total. The molecule has 0 aliphatic heterocycles. The summed E-state index contributed by atoms with van der Waals surface area (Å²) in [7, 11) is 0. The molecule has 4 nitrogen and oxygen atoms in total. The molecular formula is C18H14N2O2S2. The molecular weight excluding hydrogens is 340 g/mol. The maximum atomic E-state index is 12.3. The van der Waals surface area contributed by atoms with Crippen molar-refractivity contribution in [3.8, 4) is 22.0 Å². The van der Waals surface area contributed by atoms with Gasteiger partial charge >= 0.3 is 4.87 Å². The first-order chi connectivity index (χ1) is 11.7. The van der Waals surface area contributed by atoms with Crippen LogP contribution in [-0.4, -0.2) is 9.55 Å². The second-order valence-electron chi connectivity index (χ2n) is 5.41. The Morgan fingerprint density at radius 2 is 2.04 bits per heavy atom. The van der Waals surface area contributed by atoms with E-state index in [0.717, 1.165) is 27.4 Å². The van der Waals surface area contributed by atoms with Gasteiger partial charge in [0, 0.05) is 10.9 Å². The van der Waals surface area contributed by atoms with Crippen LogP contribution in [0.25, 0.3) is 22.0 Å². The summed E-state index contributed by atoms with van der Waals surface area (Å²) in [6, 6.07) is 12.0. The van der Waals surface area contributed by atoms with Crippen molar-refractivity contribution in [1.29, 1.82) is 0 Å². The van der Waals surface area contributed by atoms with Gasteiger partial charge < -0.3 is 4.42 Å². The molecule has 0 unspecified atom stereocenters. The predicted octanol–water partition coefficient (Wildman–Crippen LogP) is 4.65. The first-order valence-electron chi connectivity index (χ1n) is 7.45. The molecule has 0 atom stereocenters. The number of hydrogen-bond donors (Lipinski definition) is 0. The number of hydrogen-bond acceptors (Lipinski definition) is 5. The Bertz CT molecular complexity index is 1030. The van der Waals surface area contributed by atoms with E-state index in [1.54, 1.807) is 22.2 Å². The van der Waals surface area contributed by atoms with Crippen molar-refractivity contribution in [3.63, 3.8) is 0 Å². The molecule has 0 radical (unpaired) electrons. The van der Waals surface area contributed by atoms with Gasteiger partial charge in [-0.15, -0.1) is 11.3 Å². The van der Waals surface area contributed by atoms with Crippen LogP contribution in [0.2, 0.25) is 0 Å². The molecule has 0 spiro atoms. The number of aryl methyl sites for hydroxylation is 1. The third-order valence-electron chi connectivity index (χ3n) is 3.81. The van der Waals surface area contributed by atoms with Crippen LogP contribution in [0.3, 0.4) is 0 Å². The molecule has 0 aliphatic carbocycles. The molecule has 4 aromatic rings. The minimum Gasteiger partial charge on any atom is -0.443 e. The summed E-state index contributed by atoms with van der Waals surface area (Å²) < 4.78 is 7.31. The van der Waals surface area contributed by atoms with Crippen LogP contribution in [0, 0.1) is 6.92 Å². The second kappa shape index (κ2) is 6.22. The highest BCUT2D eigenvalue weighted by Crippen LogP contribution is 2.26. The van der Waals surface area contributed by atoms with Gasteiger partial charge in [0.1, 0.15) is 6.26 Å². The molecule has 1 aromatic carbocycles. The fourth-order valence-corrected chi connectivity index (χ4v) is 4.02. The lowest BCUT2D eigenvalue weighted by Gasteiger charge is -2.08. The van der Waals surface area contributed by atoms with Crippen molar-refractivity contribution in [3.05, 3.63) is 74.3 Å². The average molecular weight is 354 g/mol. The fourth-order valence-electron chi connectivity index (χ4n) is 2.61. The van der Waals surface area contributed by atoms with E-state index in [0.29, 0.717) is 12.4 Å². The van der Waals surface area contributed by atoms with Crippen molar-refractivity contribution < 1.29 is 4.42 Å². The number of oxazole rings is 1. The third kappa shape index (κ3) is 2.74. The van der Waals surface area contributed by atoms with Gasteiger partial charge in [-0.05, 0) is 23.9 Å². The number of rotatable bonds is 4. The van der Waals surface area contributed by atoms with Crippen molar-refractivity contribution in [1.82, 2.24) is 9.55 Å². The van der Waals surface area contributed by atoms with Gasteiger partial charge in [0.15, 0.2) is 0 Å². The molecule has 0 amide bonds. The Morgan fingerprint density at radius 3 is 2.83 bits per heavy atom. The van der Waals surface area contributed by atoms with Crippen molar-refractivity contribution in [2.45, 2.75) is 13.5 Å². The van der Waals surface area contributed by atoms with Crippen LogP contribution < -0.4 is 4.87 Å². The van der Waals surface area contributed by atoms with E-state index in [9.17, 15) is 4.79 Å². The summed E-state index contributed by atoms with van der Waals surface area (Å²) in [5, 5.41) is 3.89. The Labute approximate surface area is 146 Å². The Balaban J connectivity index is 1.70. The van der Waals surface area contributed by atoms with Crippen LogP contribution in [0.5, 0.6) is 0 Å². The van der Waals surface area contributed by atoms with Gasteiger partial charge in [0.2, 0.25) is 5.89 Å². The van der Waals surface area contributed by atoms with Gasteiger partial charge in [0.25, 0.3) is 0 Å². The van der Waals surface area contributed by atoms with E-state index in [1.165, 1.54) is 11.3 Å². The first-order valence-corrected chi connectivity index (χ1v) is 9.21. The lowest BCUT2D eigenvalue weighted by Crippen LogP contribution is -2.15. The lowest BCUT2D eigenvalue weighted by molar-refractivity contribution is 0.573. The number of benzene rings is 1. The third-order valence-corrected chi connectivity index (χ3v) is 5.43. The zero-order valence-electron chi connectivity index (χ0n) is 12.9. The highest BCUT2D eigenvalue weighted by atomic mass is 32.1. The zero-order chi connectivity index (χ0) is 16.5. The highest BCUT2D eigenvalue weighted by Gasteiger charge is 2.14. The Morgan fingerprint density at radius 1 is 1.17 bits per heavy atom. The van der Waals surface area contributed by atoms with Crippen molar-refractivity contribution in [2.75, 3.05) is 0 Å². The van der Waals surface area contributed by atoms with Gasteiger partial charge in [-0.3, -0.25) is 9.36 Å². The number of nitrogens with zero attached hydrogens (tertiary/aromatic N) is 2. The molecule has 3 heterocycles. The number of thiazole rings is 1. The molecule has 120 valence electrons. The summed E-state index contributed by atoms with van der Waals surface area (Å²) >= 11 is 2.79. The molecule has 0 saturated heterocycles. The SMILES string of the molecule is Cc1ccccc1-c1csc(=O)n1Cc1coc(-c2cccs2)n1. The van der Waals surface area contributed by atoms with E-state index in [4.69, 9.17) is 4.42 Å². The summed E-state index contributed by atoms with van der Waals surface area (Å²) in [6.07, 6.45) is 1.63. The first kappa shape index (κ1) is 15.1. The van der Waals surface area contributed by atoms with E-state index < -0.39 is 0 Å². The minimum atomic E-state index is 0.00827. The molecule has 0 saturated carbocycles. The van der Waals surface area contributed by atoms with Crippen molar-refractivity contribution >= 4 is 22.7 Å². The summed E-state index contributed by atoms with van der Waals surface area (Å²) in [4.78, 5) is 17.8. The largest absolute Gasteiger partial charge is 0.443 e. The van der Waals surface area contributed by atoms with E-state index in [-0.39, 0.29) is 4.87 Å². The van der Waals surface area contributed by atoms with Crippen LogP contribution in [0.1, 0.15) is 11.3 Å². The van der Waals surface area contributed by atoms with E-state index >= 15 is 0 Å². The van der Waals surface area contributed by atoms with Crippen LogP contribution in [0.4, 0.5) is 0 Å². The summed E-state index contributed by atoms with van der Waals surface area (Å²) in [6.45, 7) is 2.45.